The molecule has 1 amide bonds. The summed E-state index contributed by atoms with van der Waals surface area (Å²) in [6.07, 6.45) is 0. The summed E-state index contributed by atoms with van der Waals surface area (Å²) in [5.74, 6) is 1.35. The predicted octanol–water partition coefficient (Wildman–Crippen LogP) is 3.67. The molecule has 0 bridgehead atoms. The van der Waals surface area contributed by atoms with Crippen LogP contribution in [-0.2, 0) is 11.3 Å². The van der Waals surface area contributed by atoms with Crippen LogP contribution < -0.4 is 10.1 Å². The Bertz CT molecular complexity index is 605. The zero-order chi connectivity index (χ0) is 14.4. The van der Waals surface area contributed by atoms with E-state index in [2.05, 4.69) is 11.9 Å². The van der Waals surface area contributed by atoms with Gasteiger partial charge in [0.2, 0.25) is 5.91 Å². The maximum atomic E-state index is 11.5. The number of benzene rings is 2. The van der Waals surface area contributed by atoms with E-state index in [4.69, 9.17) is 4.74 Å². The molecule has 3 nitrogen and oxygen atoms in total. The third kappa shape index (κ3) is 3.72. The zero-order valence-electron chi connectivity index (χ0n) is 11.4. The fourth-order valence-electron chi connectivity index (χ4n) is 1.69. The number of carbonyl (C=O) groups excluding carboxylic acids is 1. The highest BCUT2D eigenvalue weighted by molar-refractivity contribution is 5.92. The summed E-state index contributed by atoms with van der Waals surface area (Å²) in [4.78, 5) is 11.5. The topological polar surface area (TPSA) is 38.3 Å². The first-order chi connectivity index (χ1) is 9.66. The first-order valence-corrected chi connectivity index (χ1v) is 6.41. The zero-order valence-corrected chi connectivity index (χ0v) is 11.4. The highest BCUT2D eigenvalue weighted by Gasteiger charge is 2.06. The van der Waals surface area contributed by atoms with Gasteiger partial charge in [-0.1, -0.05) is 43.0 Å². The Morgan fingerprint density at radius 1 is 1.10 bits per heavy atom. The summed E-state index contributed by atoms with van der Waals surface area (Å²) in [6, 6.07) is 17.2. The Kier molecular flexibility index (Phi) is 4.56. The summed E-state index contributed by atoms with van der Waals surface area (Å²) in [6.45, 7) is 5.71. The molecule has 0 saturated heterocycles. The van der Waals surface area contributed by atoms with E-state index in [0.29, 0.717) is 12.1 Å². The molecule has 1 N–H and O–H groups in total. The molecule has 0 aliphatic heterocycles. The van der Waals surface area contributed by atoms with Gasteiger partial charge in [0, 0.05) is 17.7 Å². The van der Waals surface area contributed by atoms with Crippen LogP contribution in [0.4, 0.5) is 0 Å². The van der Waals surface area contributed by atoms with Crippen molar-refractivity contribution in [1.82, 2.24) is 5.32 Å². The first kappa shape index (κ1) is 13.9. The van der Waals surface area contributed by atoms with Gasteiger partial charge >= 0.3 is 0 Å². The average molecular weight is 267 g/mol. The number of para-hydroxylation sites is 2. The number of hydrogen-bond donors (Lipinski definition) is 1. The van der Waals surface area contributed by atoms with Gasteiger partial charge < -0.3 is 10.1 Å². The van der Waals surface area contributed by atoms with Crippen LogP contribution in [0.5, 0.6) is 11.5 Å². The minimum absolute atomic E-state index is 0.153. The quantitative estimate of drug-likeness (QED) is 0.839. The molecular weight excluding hydrogens is 250 g/mol. The maximum Gasteiger partial charge on any atom is 0.246 e. The maximum absolute atomic E-state index is 11.5. The first-order valence-electron chi connectivity index (χ1n) is 6.41. The van der Waals surface area contributed by atoms with E-state index in [1.807, 2.05) is 54.6 Å². The highest BCUT2D eigenvalue weighted by Crippen LogP contribution is 2.24. The minimum atomic E-state index is -0.153. The molecule has 0 aliphatic rings. The van der Waals surface area contributed by atoms with Gasteiger partial charge in [0.05, 0.1) is 0 Å². The number of carbonyl (C=O) groups is 1. The molecular formula is C17H17NO2. The molecule has 0 fully saturated rings. The van der Waals surface area contributed by atoms with Crippen molar-refractivity contribution in [2.75, 3.05) is 0 Å². The van der Waals surface area contributed by atoms with Crippen LogP contribution in [0, 0.1) is 0 Å². The lowest BCUT2D eigenvalue weighted by Crippen LogP contribution is -2.23. The Balaban J connectivity index is 2.10. The van der Waals surface area contributed by atoms with E-state index in [0.717, 1.165) is 17.1 Å². The summed E-state index contributed by atoms with van der Waals surface area (Å²) >= 11 is 0. The highest BCUT2D eigenvalue weighted by atomic mass is 16.5. The molecule has 0 spiro atoms. The number of nitrogens with one attached hydrogen (secondary N) is 1. The van der Waals surface area contributed by atoms with Crippen molar-refractivity contribution < 1.29 is 9.53 Å². The summed E-state index contributed by atoms with van der Waals surface area (Å²) in [7, 11) is 0. The summed E-state index contributed by atoms with van der Waals surface area (Å²) < 4.78 is 5.83. The third-order valence-electron chi connectivity index (χ3n) is 2.77. The van der Waals surface area contributed by atoms with E-state index in [-0.39, 0.29) is 5.91 Å². The lowest BCUT2D eigenvalue weighted by molar-refractivity contribution is -0.117. The van der Waals surface area contributed by atoms with Gasteiger partial charge in [0.15, 0.2) is 0 Å². The summed E-state index contributed by atoms with van der Waals surface area (Å²) in [5.41, 5.74) is 1.41. The van der Waals surface area contributed by atoms with Gasteiger partial charge in [0.1, 0.15) is 11.5 Å². The average Bonchev–Trinajstić information content (AvgIpc) is 2.47. The van der Waals surface area contributed by atoms with Crippen molar-refractivity contribution in [3.63, 3.8) is 0 Å². The lowest BCUT2D eigenvalue weighted by Gasteiger charge is -2.11. The molecule has 20 heavy (non-hydrogen) atoms. The van der Waals surface area contributed by atoms with Crippen LogP contribution >= 0.6 is 0 Å². The monoisotopic (exact) mass is 267 g/mol. The molecule has 2 rings (SSSR count). The van der Waals surface area contributed by atoms with Gasteiger partial charge in [-0.3, -0.25) is 4.79 Å². The third-order valence-corrected chi connectivity index (χ3v) is 2.77. The molecule has 0 aliphatic carbocycles. The smallest absolute Gasteiger partial charge is 0.246 e. The van der Waals surface area contributed by atoms with Crippen LogP contribution in [0.3, 0.4) is 0 Å². The second-order valence-electron chi connectivity index (χ2n) is 4.49. The Hall–Kier alpha value is -2.55. The largest absolute Gasteiger partial charge is 0.457 e. The Morgan fingerprint density at radius 2 is 1.75 bits per heavy atom. The minimum Gasteiger partial charge on any atom is -0.457 e. The fourth-order valence-corrected chi connectivity index (χ4v) is 1.69. The van der Waals surface area contributed by atoms with Crippen molar-refractivity contribution in [1.29, 1.82) is 0 Å². The molecule has 2 aromatic rings. The van der Waals surface area contributed by atoms with Gasteiger partial charge in [-0.15, -0.1) is 0 Å². The van der Waals surface area contributed by atoms with Crippen molar-refractivity contribution >= 4 is 5.91 Å². The SMILES string of the molecule is C=C(C)C(=O)NCc1ccccc1Oc1ccccc1. The van der Waals surface area contributed by atoms with Crippen molar-refractivity contribution in [3.8, 4) is 11.5 Å². The van der Waals surface area contributed by atoms with E-state index in [1.54, 1.807) is 6.92 Å². The molecule has 2 aromatic carbocycles. The fraction of sp³-hybridized carbons (Fsp3) is 0.118. The molecule has 3 heteroatoms. The number of amides is 1. The van der Waals surface area contributed by atoms with Crippen LogP contribution in [0.2, 0.25) is 0 Å². The van der Waals surface area contributed by atoms with Crippen LogP contribution in [-0.4, -0.2) is 5.91 Å². The van der Waals surface area contributed by atoms with E-state index in [9.17, 15) is 4.79 Å². The van der Waals surface area contributed by atoms with Gasteiger partial charge in [-0.2, -0.15) is 0 Å². The molecule has 0 saturated carbocycles. The molecule has 102 valence electrons. The molecule has 0 radical (unpaired) electrons. The van der Waals surface area contributed by atoms with Gasteiger partial charge in [-0.05, 0) is 25.1 Å². The number of rotatable bonds is 5. The normalized spacial score (nSPS) is 9.85. The Labute approximate surface area is 118 Å². The van der Waals surface area contributed by atoms with E-state index >= 15 is 0 Å². The predicted molar refractivity (Wildman–Crippen MR) is 79.6 cm³/mol. The lowest BCUT2D eigenvalue weighted by atomic mass is 10.2. The van der Waals surface area contributed by atoms with Crippen LogP contribution in [0.1, 0.15) is 12.5 Å². The summed E-state index contributed by atoms with van der Waals surface area (Å²) in [5, 5.41) is 2.81. The Morgan fingerprint density at radius 3 is 2.45 bits per heavy atom. The van der Waals surface area contributed by atoms with Crippen molar-refractivity contribution in [2.45, 2.75) is 13.5 Å². The molecule has 0 aromatic heterocycles. The van der Waals surface area contributed by atoms with E-state index in [1.165, 1.54) is 0 Å². The van der Waals surface area contributed by atoms with Crippen molar-refractivity contribution in [2.24, 2.45) is 0 Å². The van der Waals surface area contributed by atoms with Gasteiger partial charge in [0.25, 0.3) is 0 Å². The van der Waals surface area contributed by atoms with E-state index < -0.39 is 0 Å². The second-order valence-corrected chi connectivity index (χ2v) is 4.49. The second kappa shape index (κ2) is 6.57. The van der Waals surface area contributed by atoms with Crippen LogP contribution in [0.15, 0.2) is 66.7 Å². The van der Waals surface area contributed by atoms with Gasteiger partial charge in [-0.25, -0.2) is 0 Å². The molecule has 0 atom stereocenters. The molecule has 0 heterocycles. The standard InChI is InChI=1S/C17H17NO2/c1-13(2)17(19)18-12-14-8-6-7-11-16(14)20-15-9-4-3-5-10-15/h3-11H,1,12H2,2H3,(H,18,19). The van der Waals surface area contributed by atoms with Crippen molar-refractivity contribution in [3.05, 3.63) is 72.3 Å². The molecule has 0 unspecified atom stereocenters. The number of ether oxygens (including phenoxy) is 1. The van der Waals surface area contributed by atoms with Crippen LogP contribution in [0.25, 0.3) is 0 Å². The number of hydrogen-bond acceptors (Lipinski definition) is 2.